The maximum atomic E-state index is 6.92. The van der Waals surface area contributed by atoms with E-state index in [-0.39, 0.29) is 10.8 Å². The van der Waals surface area contributed by atoms with E-state index in [1.807, 2.05) is 0 Å². The van der Waals surface area contributed by atoms with E-state index in [9.17, 15) is 0 Å². The molecule has 0 aliphatic heterocycles. The average Bonchev–Trinajstić information content (AvgIpc) is 4.18. The molecule has 15 rings (SSSR count). The number of furan rings is 1. The largest absolute Gasteiger partial charge is 0.456 e. The summed E-state index contributed by atoms with van der Waals surface area (Å²) in [6.07, 6.45) is 0. The number of hydrogen-bond donors (Lipinski definition) is 0. The smallest absolute Gasteiger partial charge is 0.134 e. The maximum absolute atomic E-state index is 6.92. The van der Waals surface area contributed by atoms with Crippen molar-refractivity contribution in [3.8, 4) is 56.3 Å². The Morgan fingerprint density at radius 3 is 1.17 bits per heavy atom. The molecule has 13 aromatic rings. The Balaban J connectivity index is 0.888. The van der Waals surface area contributed by atoms with Gasteiger partial charge in [0, 0.05) is 54.9 Å². The molecule has 2 aliphatic rings. The van der Waals surface area contributed by atoms with Gasteiger partial charge in [0.25, 0.3) is 0 Å². The van der Waals surface area contributed by atoms with Crippen LogP contribution in [0.25, 0.3) is 121 Å². The third-order valence-electron chi connectivity index (χ3n) is 16.1. The van der Waals surface area contributed by atoms with E-state index in [0.717, 1.165) is 45.1 Å². The van der Waals surface area contributed by atoms with Gasteiger partial charge in [0.1, 0.15) is 11.5 Å². The lowest BCUT2D eigenvalue weighted by molar-refractivity contribution is 0.597. The van der Waals surface area contributed by atoms with Crippen LogP contribution < -0.4 is 0 Å². The topological polar surface area (TPSA) is 23.0 Å². The molecule has 0 spiro atoms. The molecule has 0 saturated heterocycles. The molecule has 0 radical (unpaired) electrons. The van der Waals surface area contributed by atoms with Crippen molar-refractivity contribution >= 4 is 65.2 Å². The first kappa shape index (κ1) is 38.7. The second-order valence-corrected chi connectivity index (χ2v) is 20.5. The Bertz CT molecular complexity index is 4070. The lowest BCUT2D eigenvalue weighted by Crippen LogP contribution is -2.14. The highest BCUT2D eigenvalue weighted by Crippen LogP contribution is 2.55. The summed E-state index contributed by atoms with van der Waals surface area (Å²) >= 11 is 0. The summed E-state index contributed by atoms with van der Waals surface area (Å²) in [5, 5.41) is 10.2. The maximum Gasteiger partial charge on any atom is 0.134 e. The molecule has 0 fully saturated rings. The first-order chi connectivity index (χ1) is 33.7. The van der Waals surface area contributed by atoms with Crippen LogP contribution in [0.2, 0.25) is 0 Å². The number of aromatic nitrogens is 2. The van der Waals surface area contributed by atoms with Crippen molar-refractivity contribution in [2.75, 3.05) is 0 Å². The molecule has 326 valence electrons. The second kappa shape index (κ2) is 13.6. The van der Waals surface area contributed by atoms with Crippen molar-refractivity contribution in [2.24, 2.45) is 0 Å². The van der Waals surface area contributed by atoms with E-state index in [1.54, 1.807) is 0 Å². The summed E-state index contributed by atoms with van der Waals surface area (Å²) < 4.78 is 11.8. The van der Waals surface area contributed by atoms with Gasteiger partial charge in [0.15, 0.2) is 0 Å². The fourth-order valence-corrected chi connectivity index (χ4v) is 12.7. The number of fused-ring (bicyclic) bond motifs is 16. The summed E-state index contributed by atoms with van der Waals surface area (Å²) in [5.74, 6) is 1.68. The van der Waals surface area contributed by atoms with Gasteiger partial charge in [-0.3, -0.25) is 0 Å². The molecule has 0 unspecified atom stereocenters. The standard InChI is InChI=1S/C66H46N2O/c1-65(2)53-29-25-39-15-11-13-21-45(39)63(53)51-37-59-49(35-55(51)65)47-27-23-41(33-57(47)67(59)43-17-7-5-8-18-43)61-31-32-62(69-61)42-24-28-48-50-36-56-52(38-60(50)68(58(48)34-42)44-19-9-6-10-20-44)64-46-22-14-12-16-40(46)26-30-54(64)66(56,3)4/h5-38H,1-4H3. The normalized spacial score (nSPS) is 14.3. The molecule has 0 amide bonds. The zero-order chi connectivity index (χ0) is 45.9. The van der Waals surface area contributed by atoms with E-state index in [4.69, 9.17) is 4.42 Å². The van der Waals surface area contributed by atoms with Crippen molar-refractivity contribution < 1.29 is 4.42 Å². The Hall–Kier alpha value is -8.40. The van der Waals surface area contributed by atoms with Crippen LogP contribution in [-0.4, -0.2) is 9.13 Å². The zero-order valence-electron chi connectivity index (χ0n) is 38.9. The van der Waals surface area contributed by atoms with Crippen molar-refractivity contribution in [1.82, 2.24) is 9.13 Å². The molecule has 0 saturated carbocycles. The van der Waals surface area contributed by atoms with E-state index in [1.165, 1.54) is 98.6 Å². The van der Waals surface area contributed by atoms with Gasteiger partial charge in [-0.05, 0) is 139 Å². The SMILES string of the molecule is CC1(C)c2cc3c4ccc(-c5ccc(-c6ccc7c8cc9c(cc8n(-c8ccccc8)c7c6)-c6c(ccc7ccccc67)C9(C)C)o5)cc4n(-c4ccccc4)c3cc2-c2c1ccc1ccccc21. The summed E-state index contributed by atoms with van der Waals surface area (Å²) in [6, 6.07) is 76.4. The Kier molecular flexibility index (Phi) is 7.63. The molecular weight excluding hydrogens is 837 g/mol. The minimum Gasteiger partial charge on any atom is -0.456 e. The predicted molar refractivity (Wildman–Crippen MR) is 288 cm³/mol. The lowest BCUT2D eigenvalue weighted by Gasteiger charge is -2.21. The highest BCUT2D eigenvalue weighted by Gasteiger charge is 2.39. The van der Waals surface area contributed by atoms with Gasteiger partial charge in [-0.1, -0.05) is 161 Å². The third kappa shape index (κ3) is 5.22. The summed E-state index contributed by atoms with van der Waals surface area (Å²) in [7, 11) is 0. The summed E-state index contributed by atoms with van der Waals surface area (Å²) in [6.45, 7) is 9.53. The molecule has 3 heterocycles. The van der Waals surface area contributed by atoms with Crippen LogP contribution in [0.4, 0.5) is 0 Å². The van der Waals surface area contributed by atoms with Crippen molar-refractivity contribution in [3.63, 3.8) is 0 Å². The van der Waals surface area contributed by atoms with E-state index in [0.29, 0.717) is 0 Å². The van der Waals surface area contributed by atoms with Crippen LogP contribution in [0.5, 0.6) is 0 Å². The summed E-state index contributed by atoms with van der Waals surface area (Å²) in [4.78, 5) is 0. The Labute approximate surface area is 400 Å². The fourth-order valence-electron chi connectivity index (χ4n) is 12.7. The Morgan fingerprint density at radius 1 is 0.319 bits per heavy atom. The molecule has 69 heavy (non-hydrogen) atoms. The number of rotatable bonds is 4. The van der Waals surface area contributed by atoms with Crippen LogP contribution >= 0.6 is 0 Å². The first-order valence-electron chi connectivity index (χ1n) is 24.2. The fraction of sp³-hybridized carbons (Fsp3) is 0.0909. The van der Waals surface area contributed by atoms with Crippen LogP contribution in [0.15, 0.2) is 211 Å². The molecule has 0 bridgehead atoms. The number of nitrogens with zero attached hydrogens (tertiary/aromatic N) is 2. The zero-order valence-corrected chi connectivity index (χ0v) is 38.9. The summed E-state index contributed by atoms with van der Waals surface area (Å²) in [5.41, 5.74) is 19.7. The molecule has 0 atom stereocenters. The molecule has 0 N–H and O–H groups in total. The number of benzene rings is 10. The highest BCUT2D eigenvalue weighted by molar-refractivity contribution is 6.15. The van der Waals surface area contributed by atoms with Gasteiger partial charge >= 0.3 is 0 Å². The molecule has 3 aromatic heterocycles. The van der Waals surface area contributed by atoms with Crippen LogP contribution in [-0.2, 0) is 10.8 Å². The molecule has 2 aliphatic carbocycles. The second-order valence-electron chi connectivity index (χ2n) is 20.5. The van der Waals surface area contributed by atoms with Gasteiger partial charge in [-0.15, -0.1) is 0 Å². The van der Waals surface area contributed by atoms with Crippen LogP contribution in [0.1, 0.15) is 49.9 Å². The van der Waals surface area contributed by atoms with Gasteiger partial charge in [-0.25, -0.2) is 0 Å². The third-order valence-corrected chi connectivity index (χ3v) is 16.1. The van der Waals surface area contributed by atoms with Crippen molar-refractivity contribution in [1.29, 1.82) is 0 Å². The predicted octanol–water partition coefficient (Wildman–Crippen LogP) is 17.7. The monoisotopic (exact) mass is 882 g/mol. The van der Waals surface area contributed by atoms with Gasteiger partial charge < -0.3 is 13.6 Å². The van der Waals surface area contributed by atoms with E-state index in [2.05, 4.69) is 243 Å². The van der Waals surface area contributed by atoms with E-state index < -0.39 is 0 Å². The molecular formula is C66H46N2O. The molecule has 10 aromatic carbocycles. The quantitative estimate of drug-likeness (QED) is 0.173. The average molecular weight is 883 g/mol. The minimum absolute atomic E-state index is 0.133. The number of hydrogen-bond acceptors (Lipinski definition) is 1. The van der Waals surface area contributed by atoms with Gasteiger partial charge in [0.05, 0.1) is 22.1 Å². The van der Waals surface area contributed by atoms with E-state index >= 15 is 0 Å². The molecule has 3 nitrogen and oxygen atoms in total. The first-order valence-corrected chi connectivity index (χ1v) is 24.2. The van der Waals surface area contributed by atoms with Crippen LogP contribution in [0, 0.1) is 0 Å². The van der Waals surface area contributed by atoms with Gasteiger partial charge in [-0.2, -0.15) is 0 Å². The van der Waals surface area contributed by atoms with Crippen molar-refractivity contribution in [3.05, 3.63) is 229 Å². The van der Waals surface area contributed by atoms with Crippen LogP contribution in [0.3, 0.4) is 0 Å². The van der Waals surface area contributed by atoms with Gasteiger partial charge in [0.2, 0.25) is 0 Å². The Morgan fingerprint density at radius 2 is 0.725 bits per heavy atom. The van der Waals surface area contributed by atoms with Crippen molar-refractivity contribution in [2.45, 2.75) is 38.5 Å². The molecule has 3 heteroatoms. The lowest BCUT2D eigenvalue weighted by atomic mass is 9.81. The number of para-hydroxylation sites is 2. The highest BCUT2D eigenvalue weighted by atomic mass is 16.3. The minimum atomic E-state index is -0.133.